The number of nitro benzene ring substituents is 1. The number of carbonyl (C=O) groups excluding carboxylic acids is 4. The van der Waals surface area contributed by atoms with Crippen LogP contribution in [0.15, 0.2) is 24.3 Å². The lowest BCUT2D eigenvalue weighted by atomic mass is 9.87. The maximum absolute atomic E-state index is 12.2. The molecule has 164 valence electrons. The van der Waals surface area contributed by atoms with Gasteiger partial charge in [-0.2, -0.15) is 0 Å². The summed E-state index contributed by atoms with van der Waals surface area (Å²) in [6.07, 6.45) is -0.725. The summed E-state index contributed by atoms with van der Waals surface area (Å²) in [6, 6.07) is 3.89. The zero-order valence-corrected chi connectivity index (χ0v) is 16.8. The van der Waals surface area contributed by atoms with Crippen molar-refractivity contribution in [3.63, 3.8) is 0 Å². The second kappa shape index (κ2) is 12.1. The number of hydrogen-bond donors (Lipinski definition) is 2. The number of esters is 2. The van der Waals surface area contributed by atoms with E-state index in [1.165, 1.54) is 24.3 Å². The SMILES string of the molecule is CCOC(=O)CCC(=O)N[C@@H](C(N)=O)[C@@H](CC(=O)OCC)c1ccc([N+](=O)[O-])cc1. The molecule has 0 unspecified atom stereocenters. The lowest BCUT2D eigenvalue weighted by Crippen LogP contribution is -2.48. The summed E-state index contributed by atoms with van der Waals surface area (Å²) in [5.41, 5.74) is 5.65. The van der Waals surface area contributed by atoms with Crippen LogP contribution in [-0.4, -0.2) is 47.9 Å². The standard InChI is InChI=1S/C19H25N3O8/c1-3-29-16(24)10-9-15(23)21-18(19(20)26)14(11-17(25)30-4-2)12-5-7-13(8-6-12)22(27)28/h5-8,14,18H,3-4,9-11H2,1-2H3,(H2,20,26)(H,21,23)/t14-,18+/m0/s1. The number of nitrogens with one attached hydrogen (secondary N) is 1. The van der Waals surface area contributed by atoms with Gasteiger partial charge in [0.25, 0.3) is 5.69 Å². The number of amides is 2. The molecule has 0 saturated heterocycles. The highest BCUT2D eigenvalue weighted by molar-refractivity contribution is 5.89. The monoisotopic (exact) mass is 423 g/mol. The van der Waals surface area contributed by atoms with Crippen molar-refractivity contribution in [3.8, 4) is 0 Å². The van der Waals surface area contributed by atoms with E-state index in [0.29, 0.717) is 5.56 Å². The van der Waals surface area contributed by atoms with Crippen LogP contribution in [0.25, 0.3) is 0 Å². The molecule has 2 amide bonds. The zero-order chi connectivity index (χ0) is 22.7. The summed E-state index contributed by atoms with van der Waals surface area (Å²) < 4.78 is 9.67. The molecule has 11 heteroatoms. The van der Waals surface area contributed by atoms with E-state index in [4.69, 9.17) is 15.2 Å². The van der Waals surface area contributed by atoms with Crippen LogP contribution >= 0.6 is 0 Å². The molecule has 0 aromatic heterocycles. The molecule has 1 rings (SSSR count). The van der Waals surface area contributed by atoms with E-state index in [-0.39, 0.29) is 38.2 Å². The van der Waals surface area contributed by atoms with Gasteiger partial charge in [0.15, 0.2) is 0 Å². The molecule has 3 N–H and O–H groups in total. The van der Waals surface area contributed by atoms with Gasteiger partial charge in [0.05, 0.1) is 31.0 Å². The Kier molecular flexibility index (Phi) is 9.93. The van der Waals surface area contributed by atoms with Crippen molar-refractivity contribution in [1.29, 1.82) is 0 Å². The highest BCUT2D eigenvalue weighted by Crippen LogP contribution is 2.26. The summed E-state index contributed by atoms with van der Waals surface area (Å²) in [5, 5.41) is 13.3. The number of nitrogens with zero attached hydrogens (tertiary/aromatic N) is 1. The molecule has 0 bridgehead atoms. The lowest BCUT2D eigenvalue weighted by molar-refractivity contribution is -0.384. The van der Waals surface area contributed by atoms with Crippen LogP contribution in [0, 0.1) is 10.1 Å². The van der Waals surface area contributed by atoms with Crippen LogP contribution in [0.5, 0.6) is 0 Å². The van der Waals surface area contributed by atoms with Gasteiger partial charge in [0.2, 0.25) is 11.8 Å². The average Bonchev–Trinajstić information content (AvgIpc) is 2.69. The van der Waals surface area contributed by atoms with Crippen LogP contribution in [0.3, 0.4) is 0 Å². The third-order valence-electron chi connectivity index (χ3n) is 4.11. The normalized spacial score (nSPS) is 12.3. The number of benzene rings is 1. The van der Waals surface area contributed by atoms with Gasteiger partial charge in [-0.3, -0.25) is 29.3 Å². The van der Waals surface area contributed by atoms with Gasteiger partial charge in [0, 0.05) is 24.5 Å². The van der Waals surface area contributed by atoms with E-state index in [1.54, 1.807) is 13.8 Å². The Labute approximate surface area is 173 Å². The van der Waals surface area contributed by atoms with Gasteiger partial charge in [-0.1, -0.05) is 12.1 Å². The number of hydrogen-bond acceptors (Lipinski definition) is 8. The minimum atomic E-state index is -1.30. The van der Waals surface area contributed by atoms with Crippen molar-refractivity contribution in [3.05, 3.63) is 39.9 Å². The maximum atomic E-state index is 12.2. The molecule has 0 aliphatic heterocycles. The molecule has 1 aromatic rings. The first kappa shape index (κ1) is 24.5. The molecular weight excluding hydrogens is 398 g/mol. The second-order valence-electron chi connectivity index (χ2n) is 6.22. The summed E-state index contributed by atoms with van der Waals surface area (Å²) in [5.74, 6) is -3.67. The van der Waals surface area contributed by atoms with Crippen LogP contribution in [0.4, 0.5) is 5.69 Å². The van der Waals surface area contributed by atoms with Crippen LogP contribution in [0.2, 0.25) is 0 Å². The van der Waals surface area contributed by atoms with Crippen LogP contribution in [0.1, 0.15) is 44.6 Å². The summed E-state index contributed by atoms with van der Waals surface area (Å²) in [6.45, 7) is 3.53. The predicted octanol–water partition coefficient (Wildman–Crippen LogP) is 0.945. The van der Waals surface area contributed by atoms with Crippen LogP contribution < -0.4 is 11.1 Å². The van der Waals surface area contributed by atoms with E-state index in [9.17, 15) is 29.3 Å². The third kappa shape index (κ3) is 7.86. The molecule has 0 aliphatic rings. The molecule has 0 heterocycles. The van der Waals surface area contributed by atoms with Gasteiger partial charge < -0.3 is 20.5 Å². The van der Waals surface area contributed by atoms with Crippen molar-refractivity contribution in [2.24, 2.45) is 5.73 Å². The molecule has 11 nitrogen and oxygen atoms in total. The van der Waals surface area contributed by atoms with E-state index in [1.807, 2.05) is 0 Å². The number of rotatable bonds is 12. The van der Waals surface area contributed by atoms with Crippen LogP contribution in [-0.2, 0) is 28.7 Å². The largest absolute Gasteiger partial charge is 0.466 e. The Morgan fingerprint density at radius 1 is 1.03 bits per heavy atom. The number of non-ortho nitro benzene ring substituents is 1. The Bertz CT molecular complexity index is 778. The Balaban J connectivity index is 3.07. The maximum Gasteiger partial charge on any atom is 0.306 e. The first-order valence-electron chi connectivity index (χ1n) is 9.33. The summed E-state index contributed by atoms with van der Waals surface area (Å²) >= 11 is 0. The number of ether oxygens (including phenoxy) is 2. The molecule has 30 heavy (non-hydrogen) atoms. The number of carbonyl (C=O) groups is 4. The van der Waals surface area contributed by atoms with Gasteiger partial charge in [0.1, 0.15) is 6.04 Å². The topological polar surface area (TPSA) is 168 Å². The summed E-state index contributed by atoms with van der Waals surface area (Å²) in [7, 11) is 0. The fourth-order valence-electron chi connectivity index (χ4n) is 2.74. The van der Waals surface area contributed by atoms with Gasteiger partial charge >= 0.3 is 11.9 Å². The second-order valence-corrected chi connectivity index (χ2v) is 6.22. The first-order chi connectivity index (χ1) is 14.2. The van der Waals surface area contributed by atoms with E-state index in [2.05, 4.69) is 5.32 Å². The molecule has 2 atom stereocenters. The van der Waals surface area contributed by atoms with Crippen molar-refractivity contribution in [1.82, 2.24) is 5.32 Å². The quantitative estimate of drug-likeness (QED) is 0.284. The predicted molar refractivity (Wildman–Crippen MR) is 104 cm³/mol. The highest BCUT2D eigenvalue weighted by Gasteiger charge is 2.32. The third-order valence-corrected chi connectivity index (χ3v) is 4.11. The molecule has 0 fully saturated rings. The Morgan fingerprint density at radius 2 is 1.60 bits per heavy atom. The molecule has 0 saturated carbocycles. The zero-order valence-electron chi connectivity index (χ0n) is 16.8. The number of primary amides is 1. The molecular formula is C19H25N3O8. The smallest absolute Gasteiger partial charge is 0.306 e. The Morgan fingerprint density at radius 3 is 2.10 bits per heavy atom. The lowest BCUT2D eigenvalue weighted by Gasteiger charge is -2.25. The first-order valence-corrected chi connectivity index (χ1v) is 9.33. The molecule has 0 spiro atoms. The minimum Gasteiger partial charge on any atom is -0.466 e. The van der Waals surface area contributed by atoms with Gasteiger partial charge in [-0.25, -0.2) is 0 Å². The minimum absolute atomic E-state index is 0.110. The highest BCUT2D eigenvalue weighted by atomic mass is 16.6. The van der Waals surface area contributed by atoms with Crippen molar-refractivity contribution >= 4 is 29.4 Å². The van der Waals surface area contributed by atoms with Crippen molar-refractivity contribution in [2.45, 2.75) is 45.1 Å². The van der Waals surface area contributed by atoms with Crippen molar-refractivity contribution < 1.29 is 33.6 Å². The average molecular weight is 423 g/mol. The van der Waals surface area contributed by atoms with E-state index >= 15 is 0 Å². The van der Waals surface area contributed by atoms with Gasteiger partial charge in [-0.15, -0.1) is 0 Å². The summed E-state index contributed by atoms with van der Waals surface area (Å²) in [4.78, 5) is 58.0. The number of nitrogens with two attached hydrogens (primary N) is 1. The Hall–Kier alpha value is -3.50. The van der Waals surface area contributed by atoms with E-state index < -0.39 is 40.6 Å². The fourth-order valence-corrected chi connectivity index (χ4v) is 2.74. The number of nitro groups is 1. The van der Waals surface area contributed by atoms with Gasteiger partial charge in [-0.05, 0) is 19.4 Å². The molecule has 1 aromatic carbocycles. The fraction of sp³-hybridized carbons (Fsp3) is 0.474. The van der Waals surface area contributed by atoms with E-state index in [0.717, 1.165) is 0 Å². The molecule has 0 radical (unpaired) electrons. The molecule has 0 aliphatic carbocycles. The van der Waals surface area contributed by atoms with Crippen molar-refractivity contribution in [2.75, 3.05) is 13.2 Å².